The highest BCUT2D eigenvalue weighted by molar-refractivity contribution is 5.93. The van der Waals surface area contributed by atoms with Crippen molar-refractivity contribution in [1.29, 1.82) is 0 Å². The van der Waals surface area contributed by atoms with Gasteiger partial charge in [0.15, 0.2) is 12.4 Å². The summed E-state index contributed by atoms with van der Waals surface area (Å²) in [7, 11) is 0. The van der Waals surface area contributed by atoms with E-state index in [2.05, 4.69) is 15.5 Å². The lowest BCUT2D eigenvalue weighted by atomic mass is 10.2. The van der Waals surface area contributed by atoms with E-state index in [-0.39, 0.29) is 12.5 Å². The Morgan fingerprint density at radius 3 is 2.38 bits per heavy atom. The number of hydrogen-bond acceptors (Lipinski definition) is 7. The van der Waals surface area contributed by atoms with Gasteiger partial charge in [0.05, 0.1) is 12.2 Å². The first-order chi connectivity index (χ1) is 14.1. The second-order valence-electron chi connectivity index (χ2n) is 6.03. The van der Waals surface area contributed by atoms with Gasteiger partial charge in [-0.15, -0.1) is 0 Å². The SMILES string of the molecule is CCOC(=O)c1ccc(NC(=O)COc2ccc(-c3nc(CC)no3)cc2)cc1. The summed E-state index contributed by atoms with van der Waals surface area (Å²) in [4.78, 5) is 28.0. The van der Waals surface area contributed by atoms with Crippen LogP contribution in [0.25, 0.3) is 11.5 Å². The molecule has 0 unspecified atom stereocenters. The average Bonchev–Trinajstić information content (AvgIpc) is 3.23. The average molecular weight is 395 g/mol. The van der Waals surface area contributed by atoms with Crippen LogP contribution in [0.15, 0.2) is 53.1 Å². The summed E-state index contributed by atoms with van der Waals surface area (Å²) in [5, 5.41) is 6.57. The standard InChI is InChI=1S/C21H21N3O5/c1-3-18-23-20(29-24-18)14-7-11-17(12-8-14)28-13-19(25)22-16-9-5-15(6-10-16)21(26)27-4-2/h5-12H,3-4,13H2,1-2H3,(H,22,25). The van der Waals surface area contributed by atoms with E-state index in [1.54, 1.807) is 55.5 Å². The number of carbonyl (C=O) groups excluding carboxylic acids is 2. The molecule has 0 radical (unpaired) electrons. The molecule has 150 valence electrons. The molecule has 0 aliphatic rings. The van der Waals surface area contributed by atoms with E-state index >= 15 is 0 Å². The van der Waals surface area contributed by atoms with Gasteiger partial charge >= 0.3 is 5.97 Å². The molecule has 29 heavy (non-hydrogen) atoms. The van der Waals surface area contributed by atoms with Crippen LogP contribution in [0.3, 0.4) is 0 Å². The Balaban J connectivity index is 1.50. The number of esters is 1. The Morgan fingerprint density at radius 1 is 1.03 bits per heavy atom. The maximum atomic E-state index is 12.1. The highest BCUT2D eigenvalue weighted by Crippen LogP contribution is 2.21. The number of amides is 1. The summed E-state index contributed by atoms with van der Waals surface area (Å²) in [6, 6.07) is 13.5. The van der Waals surface area contributed by atoms with Crippen molar-refractivity contribution in [1.82, 2.24) is 10.1 Å². The lowest BCUT2D eigenvalue weighted by Gasteiger charge is -2.08. The molecule has 8 heteroatoms. The number of aryl methyl sites for hydroxylation is 1. The molecule has 0 saturated carbocycles. The molecule has 0 spiro atoms. The zero-order valence-electron chi connectivity index (χ0n) is 16.2. The van der Waals surface area contributed by atoms with Crippen molar-refractivity contribution in [3.63, 3.8) is 0 Å². The fourth-order valence-corrected chi connectivity index (χ4v) is 2.46. The van der Waals surface area contributed by atoms with Crippen LogP contribution in [-0.4, -0.2) is 35.2 Å². The van der Waals surface area contributed by atoms with E-state index in [1.807, 2.05) is 6.92 Å². The van der Waals surface area contributed by atoms with Crippen LogP contribution < -0.4 is 10.1 Å². The number of nitrogens with one attached hydrogen (secondary N) is 1. The van der Waals surface area contributed by atoms with E-state index in [4.69, 9.17) is 14.0 Å². The molecule has 1 aromatic heterocycles. The third-order valence-electron chi connectivity index (χ3n) is 3.94. The van der Waals surface area contributed by atoms with Crippen LogP contribution in [0.1, 0.15) is 30.0 Å². The number of ether oxygens (including phenoxy) is 2. The van der Waals surface area contributed by atoms with Crippen LogP contribution in [0, 0.1) is 0 Å². The van der Waals surface area contributed by atoms with Crippen molar-refractivity contribution >= 4 is 17.6 Å². The van der Waals surface area contributed by atoms with E-state index in [9.17, 15) is 9.59 Å². The van der Waals surface area contributed by atoms with Crippen LogP contribution in [0.2, 0.25) is 0 Å². The molecule has 0 bridgehead atoms. The van der Waals surface area contributed by atoms with Crippen molar-refractivity contribution in [2.24, 2.45) is 0 Å². The number of carbonyl (C=O) groups is 2. The van der Waals surface area contributed by atoms with Gasteiger partial charge in [0, 0.05) is 17.7 Å². The minimum Gasteiger partial charge on any atom is -0.484 e. The van der Waals surface area contributed by atoms with Gasteiger partial charge in [-0.2, -0.15) is 4.98 Å². The Hall–Kier alpha value is -3.68. The van der Waals surface area contributed by atoms with Gasteiger partial charge in [-0.1, -0.05) is 12.1 Å². The van der Waals surface area contributed by atoms with Crippen LogP contribution in [0.5, 0.6) is 5.75 Å². The first-order valence-corrected chi connectivity index (χ1v) is 9.22. The maximum Gasteiger partial charge on any atom is 0.338 e. The minimum absolute atomic E-state index is 0.153. The van der Waals surface area contributed by atoms with Gasteiger partial charge in [0.1, 0.15) is 5.75 Å². The topological polar surface area (TPSA) is 104 Å². The van der Waals surface area contributed by atoms with Gasteiger partial charge in [-0.25, -0.2) is 4.79 Å². The lowest BCUT2D eigenvalue weighted by Crippen LogP contribution is -2.20. The predicted molar refractivity (Wildman–Crippen MR) is 106 cm³/mol. The Labute approximate surface area is 167 Å². The van der Waals surface area contributed by atoms with Gasteiger partial charge in [0.2, 0.25) is 0 Å². The van der Waals surface area contributed by atoms with Crippen LogP contribution in [-0.2, 0) is 16.0 Å². The quantitative estimate of drug-likeness (QED) is 0.582. The molecular formula is C21H21N3O5. The van der Waals surface area contributed by atoms with Crippen molar-refractivity contribution in [2.75, 3.05) is 18.5 Å². The molecule has 0 aliphatic heterocycles. The first-order valence-electron chi connectivity index (χ1n) is 9.22. The molecule has 2 aromatic carbocycles. The number of hydrogen-bond donors (Lipinski definition) is 1. The molecule has 1 amide bonds. The second-order valence-corrected chi connectivity index (χ2v) is 6.03. The molecule has 0 aliphatic carbocycles. The van der Waals surface area contributed by atoms with Crippen LogP contribution in [0.4, 0.5) is 5.69 Å². The van der Waals surface area contributed by atoms with Crippen molar-refractivity contribution in [3.8, 4) is 17.2 Å². The third kappa shape index (κ3) is 5.41. The normalized spacial score (nSPS) is 10.4. The zero-order chi connectivity index (χ0) is 20.6. The van der Waals surface area contributed by atoms with Gasteiger partial charge in [-0.3, -0.25) is 4.79 Å². The summed E-state index contributed by atoms with van der Waals surface area (Å²) < 4.78 is 15.6. The van der Waals surface area contributed by atoms with Crippen molar-refractivity contribution in [2.45, 2.75) is 20.3 Å². The molecule has 1 N–H and O–H groups in total. The second kappa shape index (κ2) is 9.50. The van der Waals surface area contributed by atoms with Gasteiger partial charge < -0.3 is 19.3 Å². The predicted octanol–water partition coefficient (Wildman–Crippen LogP) is 3.49. The third-order valence-corrected chi connectivity index (χ3v) is 3.94. The van der Waals surface area contributed by atoms with Gasteiger partial charge in [-0.05, 0) is 55.5 Å². The van der Waals surface area contributed by atoms with Crippen molar-refractivity contribution < 1.29 is 23.6 Å². The molecule has 8 nitrogen and oxygen atoms in total. The number of aromatic nitrogens is 2. The van der Waals surface area contributed by atoms with E-state index < -0.39 is 5.97 Å². The van der Waals surface area contributed by atoms with Crippen LogP contribution >= 0.6 is 0 Å². The number of benzene rings is 2. The molecule has 1 heterocycles. The summed E-state index contributed by atoms with van der Waals surface area (Å²) >= 11 is 0. The molecule has 3 aromatic rings. The Kier molecular flexibility index (Phi) is 6.57. The van der Waals surface area contributed by atoms with E-state index in [1.165, 1.54) is 0 Å². The Bertz CT molecular complexity index is 965. The maximum absolute atomic E-state index is 12.1. The Morgan fingerprint density at radius 2 is 1.76 bits per heavy atom. The molecule has 0 fully saturated rings. The largest absolute Gasteiger partial charge is 0.484 e. The monoisotopic (exact) mass is 395 g/mol. The number of anilines is 1. The molecular weight excluding hydrogens is 374 g/mol. The molecule has 0 saturated heterocycles. The highest BCUT2D eigenvalue weighted by Gasteiger charge is 2.10. The summed E-state index contributed by atoms with van der Waals surface area (Å²) in [5.41, 5.74) is 1.76. The highest BCUT2D eigenvalue weighted by atomic mass is 16.5. The van der Waals surface area contributed by atoms with Gasteiger partial charge in [0.25, 0.3) is 11.8 Å². The zero-order valence-corrected chi connectivity index (χ0v) is 16.2. The molecule has 0 atom stereocenters. The number of nitrogens with zero attached hydrogens (tertiary/aromatic N) is 2. The summed E-state index contributed by atoms with van der Waals surface area (Å²) in [6.45, 7) is 3.85. The lowest BCUT2D eigenvalue weighted by molar-refractivity contribution is -0.118. The smallest absolute Gasteiger partial charge is 0.338 e. The van der Waals surface area contributed by atoms with Crippen molar-refractivity contribution in [3.05, 3.63) is 59.9 Å². The van der Waals surface area contributed by atoms with E-state index in [0.717, 1.165) is 5.56 Å². The molecule has 3 rings (SSSR count). The fraction of sp³-hybridized carbons (Fsp3) is 0.238. The summed E-state index contributed by atoms with van der Waals surface area (Å²) in [5.74, 6) is 0.910. The fourth-order valence-electron chi connectivity index (χ4n) is 2.46. The first kappa shape index (κ1) is 20.1. The summed E-state index contributed by atoms with van der Waals surface area (Å²) in [6.07, 6.45) is 0.700. The number of rotatable bonds is 8. The van der Waals surface area contributed by atoms with E-state index in [0.29, 0.717) is 41.7 Å². The minimum atomic E-state index is -0.399.